The summed E-state index contributed by atoms with van der Waals surface area (Å²) in [6.45, 7) is 0.0796. The van der Waals surface area contributed by atoms with E-state index < -0.39 is 11.7 Å². The van der Waals surface area contributed by atoms with Gasteiger partial charge in [0.05, 0.1) is 11.1 Å². The van der Waals surface area contributed by atoms with Crippen molar-refractivity contribution < 1.29 is 22.7 Å². The van der Waals surface area contributed by atoms with E-state index >= 15 is 0 Å². The van der Waals surface area contributed by atoms with Crippen molar-refractivity contribution >= 4 is 5.78 Å². The number of rotatable bonds is 0. The number of hydrogen-bond donors (Lipinski definition) is 0. The SMILES string of the molecule is O=C1c2ccccc2COc2cc(C(F)(F)F)ccc21. The lowest BCUT2D eigenvalue weighted by Gasteiger charge is -2.11. The van der Waals surface area contributed by atoms with Crippen molar-refractivity contribution in [3.05, 3.63) is 64.7 Å². The molecule has 0 N–H and O–H groups in total. The third kappa shape index (κ3) is 2.05. The van der Waals surface area contributed by atoms with E-state index in [1.165, 1.54) is 6.07 Å². The summed E-state index contributed by atoms with van der Waals surface area (Å²) in [5.74, 6) is -0.345. The van der Waals surface area contributed by atoms with E-state index in [9.17, 15) is 18.0 Å². The molecule has 2 nitrogen and oxygen atoms in total. The van der Waals surface area contributed by atoms with Crippen LogP contribution < -0.4 is 4.74 Å². The van der Waals surface area contributed by atoms with Crippen molar-refractivity contribution in [2.75, 3.05) is 0 Å². The van der Waals surface area contributed by atoms with E-state index in [2.05, 4.69) is 0 Å². The highest BCUT2D eigenvalue weighted by atomic mass is 19.4. The summed E-state index contributed by atoms with van der Waals surface area (Å²) in [6, 6.07) is 9.78. The zero-order valence-electron chi connectivity index (χ0n) is 10.2. The molecule has 0 saturated carbocycles. The van der Waals surface area contributed by atoms with Crippen LogP contribution in [0, 0.1) is 0 Å². The van der Waals surface area contributed by atoms with Crippen LogP contribution in [0.4, 0.5) is 13.2 Å². The number of ketones is 1. The molecule has 0 aromatic heterocycles. The van der Waals surface area contributed by atoms with Crippen LogP contribution in [0.5, 0.6) is 5.75 Å². The molecule has 0 atom stereocenters. The number of ether oxygens (including phenoxy) is 1. The van der Waals surface area contributed by atoms with Crippen LogP contribution in [-0.2, 0) is 12.8 Å². The second-order valence-corrected chi connectivity index (χ2v) is 4.48. The third-order valence-electron chi connectivity index (χ3n) is 3.20. The summed E-state index contributed by atoms with van der Waals surface area (Å²) in [7, 11) is 0. The zero-order chi connectivity index (χ0) is 14.3. The van der Waals surface area contributed by atoms with Gasteiger partial charge in [0.1, 0.15) is 12.4 Å². The van der Waals surface area contributed by atoms with E-state index in [0.717, 1.165) is 12.1 Å². The summed E-state index contributed by atoms with van der Waals surface area (Å²) in [6.07, 6.45) is -4.46. The highest BCUT2D eigenvalue weighted by Gasteiger charge is 2.32. The van der Waals surface area contributed by atoms with Crippen LogP contribution in [0.2, 0.25) is 0 Å². The van der Waals surface area contributed by atoms with Crippen molar-refractivity contribution in [3.8, 4) is 5.75 Å². The molecule has 5 heteroatoms. The lowest BCUT2D eigenvalue weighted by Crippen LogP contribution is -2.07. The molecule has 3 rings (SSSR count). The van der Waals surface area contributed by atoms with Crippen LogP contribution in [-0.4, -0.2) is 5.78 Å². The molecule has 0 bridgehead atoms. The Hall–Kier alpha value is -2.30. The van der Waals surface area contributed by atoms with Gasteiger partial charge in [0.2, 0.25) is 0 Å². The Morgan fingerprint density at radius 3 is 2.50 bits per heavy atom. The van der Waals surface area contributed by atoms with Gasteiger partial charge >= 0.3 is 6.18 Å². The van der Waals surface area contributed by atoms with E-state index in [1.807, 2.05) is 0 Å². The van der Waals surface area contributed by atoms with Crippen LogP contribution >= 0.6 is 0 Å². The maximum Gasteiger partial charge on any atom is 0.416 e. The quantitative estimate of drug-likeness (QED) is 0.732. The maximum absolute atomic E-state index is 12.7. The number of halogens is 3. The van der Waals surface area contributed by atoms with Gasteiger partial charge < -0.3 is 4.74 Å². The van der Waals surface area contributed by atoms with E-state index in [-0.39, 0.29) is 23.7 Å². The monoisotopic (exact) mass is 278 g/mol. The van der Waals surface area contributed by atoms with Crippen molar-refractivity contribution in [1.29, 1.82) is 0 Å². The van der Waals surface area contributed by atoms with Gasteiger partial charge in [-0.25, -0.2) is 0 Å². The number of alkyl halides is 3. The van der Waals surface area contributed by atoms with E-state index in [1.54, 1.807) is 24.3 Å². The fourth-order valence-electron chi connectivity index (χ4n) is 2.17. The fourth-order valence-corrected chi connectivity index (χ4v) is 2.17. The Morgan fingerprint density at radius 1 is 1.00 bits per heavy atom. The molecule has 2 aromatic carbocycles. The van der Waals surface area contributed by atoms with E-state index in [0.29, 0.717) is 11.1 Å². The second-order valence-electron chi connectivity index (χ2n) is 4.48. The predicted molar refractivity (Wildman–Crippen MR) is 65.7 cm³/mol. The molecule has 0 radical (unpaired) electrons. The van der Waals surface area contributed by atoms with Gasteiger partial charge in [0, 0.05) is 11.1 Å². The summed E-state index contributed by atoms with van der Waals surface area (Å²) in [5, 5.41) is 0. The minimum atomic E-state index is -4.46. The molecule has 0 fully saturated rings. The topological polar surface area (TPSA) is 26.3 Å². The number of carbonyl (C=O) groups is 1. The van der Waals surface area contributed by atoms with Gasteiger partial charge in [0.15, 0.2) is 5.78 Å². The first-order chi connectivity index (χ1) is 9.47. The van der Waals surface area contributed by atoms with Crippen LogP contribution in [0.25, 0.3) is 0 Å². The molecule has 20 heavy (non-hydrogen) atoms. The highest BCUT2D eigenvalue weighted by Crippen LogP contribution is 2.35. The van der Waals surface area contributed by atoms with Crippen LogP contribution in [0.3, 0.4) is 0 Å². The minimum Gasteiger partial charge on any atom is -0.488 e. The van der Waals surface area contributed by atoms with Gasteiger partial charge in [-0.1, -0.05) is 24.3 Å². The van der Waals surface area contributed by atoms with Gasteiger partial charge in [-0.15, -0.1) is 0 Å². The minimum absolute atomic E-state index is 0.0268. The summed E-state index contributed by atoms with van der Waals surface area (Å²) in [4.78, 5) is 12.3. The molecule has 1 aliphatic rings. The first-order valence-corrected chi connectivity index (χ1v) is 5.93. The van der Waals surface area contributed by atoms with Crippen molar-refractivity contribution in [3.63, 3.8) is 0 Å². The lowest BCUT2D eigenvalue weighted by molar-refractivity contribution is -0.137. The average Bonchev–Trinajstić information content (AvgIpc) is 2.56. The number of carbonyl (C=O) groups excluding carboxylic acids is 1. The molecule has 1 aliphatic heterocycles. The molecular formula is C15H9F3O2. The molecule has 0 unspecified atom stereocenters. The van der Waals surface area contributed by atoms with Gasteiger partial charge in [-0.05, 0) is 18.2 Å². The number of fused-ring (bicyclic) bond motifs is 2. The summed E-state index contributed by atoms with van der Waals surface area (Å²) < 4.78 is 43.4. The largest absolute Gasteiger partial charge is 0.488 e. The van der Waals surface area contributed by atoms with Gasteiger partial charge in [0.25, 0.3) is 0 Å². The molecule has 0 amide bonds. The lowest BCUT2D eigenvalue weighted by atomic mass is 9.98. The Bertz CT molecular complexity index is 690. The molecule has 2 aromatic rings. The molecule has 0 saturated heterocycles. The Labute approximate surface area is 112 Å². The first kappa shape index (κ1) is 12.7. The van der Waals surface area contributed by atoms with Crippen LogP contribution in [0.15, 0.2) is 42.5 Å². The van der Waals surface area contributed by atoms with Crippen molar-refractivity contribution in [1.82, 2.24) is 0 Å². The molecule has 1 heterocycles. The Balaban J connectivity index is 2.12. The normalized spacial score (nSPS) is 14.1. The van der Waals surface area contributed by atoms with Gasteiger partial charge in [-0.2, -0.15) is 13.2 Å². The molecule has 0 spiro atoms. The summed E-state index contributed by atoms with van der Waals surface area (Å²) in [5.41, 5.74) is 0.464. The second kappa shape index (κ2) is 4.37. The molecule has 102 valence electrons. The smallest absolute Gasteiger partial charge is 0.416 e. The summed E-state index contributed by atoms with van der Waals surface area (Å²) >= 11 is 0. The average molecular weight is 278 g/mol. The predicted octanol–water partition coefficient (Wildman–Crippen LogP) is 3.83. The van der Waals surface area contributed by atoms with Crippen LogP contribution in [0.1, 0.15) is 27.0 Å². The van der Waals surface area contributed by atoms with Crippen molar-refractivity contribution in [2.24, 2.45) is 0 Å². The molecule has 0 aliphatic carbocycles. The standard InChI is InChI=1S/C15H9F3O2/c16-15(17,18)10-5-6-12-13(7-10)20-8-9-3-1-2-4-11(9)14(12)19/h1-7H,8H2. The first-order valence-electron chi connectivity index (χ1n) is 5.93. The van der Waals surface area contributed by atoms with Gasteiger partial charge in [-0.3, -0.25) is 4.79 Å². The molecular weight excluding hydrogens is 269 g/mol. The third-order valence-corrected chi connectivity index (χ3v) is 3.20. The maximum atomic E-state index is 12.7. The van der Waals surface area contributed by atoms with Crippen molar-refractivity contribution in [2.45, 2.75) is 12.8 Å². The zero-order valence-corrected chi connectivity index (χ0v) is 10.2. The Kier molecular flexibility index (Phi) is 2.78. The fraction of sp³-hybridized carbons (Fsp3) is 0.133. The van der Waals surface area contributed by atoms with E-state index in [4.69, 9.17) is 4.74 Å². The highest BCUT2D eigenvalue weighted by molar-refractivity contribution is 6.12. The number of benzene rings is 2. The Morgan fingerprint density at radius 2 is 1.75 bits per heavy atom. The number of hydrogen-bond acceptors (Lipinski definition) is 2.